The van der Waals surface area contributed by atoms with E-state index >= 15 is 0 Å². The lowest BCUT2D eigenvalue weighted by atomic mass is 9.61. The maximum Gasteiger partial charge on any atom is 0.329 e. The van der Waals surface area contributed by atoms with Crippen LogP contribution in [-0.4, -0.2) is 35.7 Å². The van der Waals surface area contributed by atoms with Crippen molar-refractivity contribution in [2.75, 3.05) is 0 Å². The van der Waals surface area contributed by atoms with Crippen LogP contribution in [0.4, 0.5) is 0 Å². The van der Waals surface area contributed by atoms with E-state index in [1.807, 2.05) is 100 Å². The normalized spacial score (nSPS) is 19.2. The Morgan fingerprint density at radius 2 is 1.35 bits per heavy atom. The van der Waals surface area contributed by atoms with Crippen molar-refractivity contribution >= 4 is 33.8 Å². The minimum absolute atomic E-state index is 0.163. The smallest absolute Gasteiger partial charge is 0.329 e. The molecular weight excluding hydrogens is 608 g/mol. The summed E-state index contributed by atoms with van der Waals surface area (Å²) in [5.74, 6) is -3.09. The van der Waals surface area contributed by atoms with E-state index in [-0.39, 0.29) is 6.42 Å². The summed E-state index contributed by atoms with van der Waals surface area (Å²) in [4.78, 5) is 44.3. The first-order valence-corrected chi connectivity index (χ1v) is 15.5. The van der Waals surface area contributed by atoms with Crippen LogP contribution in [0.15, 0.2) is 77.3 Å². The summed E-state index contributed by atoms with van der Waals surface area (Å²) in [6.07, 6.45) is -0.885. The summed E-state index contributed by atoms with van der Waals surface area (Å²) in [6, 6.07) is 22.5. The molecule has 43 heavy (non-hydrogen) atoms. The summed E-state index contributed by atoms with van der Waals surface area (Å²) in [5.41, 5.74) is -1.11. The van der Waals surface area contributed by atoms with Gasteiger partial charge in [-0.15, -0.1) is 0 Å². The molecule has 6 nitrogen and oxygen atoms in total. The molecule has 0 aliphatic heterocycles. The van der Waals surface area contributed by atoms with Gasteiger partial charge in [-0.1, -0.05) is 82.2 Å². The van der Waals surface area contributed by atoms with Crippen LogP contribution >= 0.6 is 15.9 Å². The van der Waals surface area contributed by atoms with Crippen molar-refractivity contribution in [1.29, 1.82) is 0 Å². The zero-order valence-corrected chi connectivity index (χ0v) is 27.8. The molecule has 0 saturated heterocycles. The van der Waals surface area contributed by atoms with Gasteiger partial charge in [-0.25, -0.2) is 0 Å². The molecule has 228 valence electrons. The second-order valence-corrected chi connectivity index (χ2v) is 13.8. The van der Waals surface area contributed by atoms with Crippen LogP contribution in [0.1, 0.15) is 82.2 Å². The lowest BCUT2D eigenvalue weighted by Gasteiger charge is -2.41. The van der Waals surface area contributed by atoms with Crippen LogP contribution in [0.5, 0.6) is 0 Å². The van der Waals surface area contributed by atoms with E-state index in [1.54, 1.807) is 27.7 Å². The molecule has 0 saturated carbocycles. The van der Waals surface area contributed by atoms with Gasteiger partial charge < -0.3 is 14.2 Å². The highest BCUT2D eigenvalue weighted by Crippen LogP contribution is 2.62. The number of ether oxygens (including phenoxy) is 3. The minimum Gasteiger partial charge on any atom is -0.462 e. The van der Waals surface area contributed by atoms with Gasteiger partial charge >= 0.3 is 17.9 Å². The van der Waals surface area contributed by atoms with Crippen LogP contribution in [-0.2, 0) is 45.8 Å². The van der Waals surface area contributed by atoms with Gasteiger partial charge in [-0.05, 0) is 96.2 Å². The fraction of sp³-hybridized carbons (Fsp3) is 0.417. The van der Waals surface area contributed by atoms with Gasteiger partial charge in [0.1, 0.15) is 11.0 Å². The minimum atomic E-state index is -2.00. The summed E-state index contributed by atoms with van der Waals surface area (Å²) in [7, 11) is 0. The first-order valence-electron chi connectivity index (χ1n) is 14.7. The predicted octanol–water partition coefficient (Wildman–Crippen LogP) is 7.52. The van der Waals surface area contributed by atoms with Crippen molar-refractivity contribution in [3.63, 3.8) is 0 Å². The third-order valence-corrected chi connectivity index (χ3v) is 8.16. The summed E-state index contributed by atoms with van der Waals surface area (Å²) < 4.78 is 19.0. The first-order chi connectivity index (χ1) is 20.1. The molecule has 0 unspecified atom stereocenters. The molecule has 4 rings (SSSR count). The molecule has 0 bridgehead atoms. The Morgan fingerprint density at radius 3 is 1.86 bits per heavy atom. The number of carbonyl (C=O) groups excluding carboxylic acids is 3. The van der Waals surface area contributed by atoms with Gasteiger partial charge in [-0.3, -0.25) is 14.4 Å². The third kappa shape index (κ3) is 6.14. The molecule has 0 N–H and O–H groups in total. The molecule has 7 heteroatoms. The highest BCUT2D eigenvalue weighted by molar-refractivity contribution is 9.10. The Bertz CT molecular complexity index is 1460. The molecule has 0 fully saturated rings. The lowest BCUT2D eigenvalue weighted by molar-refractivity contribution is -0.174. The Hall–Kier alpha value is -3.45. The molecule has 0 spiro atoms. The fourth-order valence-corrected chi connectivity index (χ4v) is 6.44. The van der Waals surface area contributed by atoms with E-state index in [2.05, 4.69) is 15.9 Å². The van der Waals surface area contributed by atoms with Crippen LogP contribution in [0, 0.1) is 6.92 Å². The zero-order chi connectivity index (χ0) is 31.7. The number of hydrogen-bond acceptors (Lipinski definition) is 6. The monoisotopic (exact) mass is 648 g/mol. The summed E-state index contributed by atoms with van der Waals surface area (Å²) >= 11 is 3.51. The Balaban J connectivity index is 2.22. The lowest BCUT2D eigenvalue weighted by Crippen LogP contribution is -2.55. The third-order valence-electron chi connectivity index (χ3n) is 7.63. The molecule has 3 aromatic rings. The van der Waals surface area contributed by atoms with E-state index in [0.717, 1.165) is 15.6 Å². The summed E-state index contributed by atoms with van der Waals surface area (Å²) in [5, 5.41) is 0. The zero-order valence-electron chi connectivity index (χ0n) is 26.2. The Labute approximate surface area is 263 Å². The SMILES string of the molecule is Cc1ccc2c(c1)C(C(=O)OC(C)C)(C(=O)OC(C)C)[C@H](c1ccccc1)[C@]2(Cc1ccc(Br)cc1)C(=O)OC(C)(C)C. The highest BCUT2D eigenvalue weighted by atomic mass is 79.9. The molecule has 2 atom stereocenters. The molecule has 0 heterocycles. The van der Waals surface area contributed by atoms with E-state index in [4.69, 9.17) is 14.2 Å². The van der Waals surface area contributed by atoms with Crippen LogP contribution in [0.25, 0.3) is 0 Å². The number of carbonyl (C=O) groups is 3. The van der Waals surface area contributed by atoms with Crippen molar-refractivity contribution < 1.29 is 28.6 Å². The van der Waals surface area contributed by atoms with Crippen LogP contribution < -0.4 is 0 Å². The molecular formula is C36H41BrO6. The number of benzene rings is 3. The highest BCUT2D eigenvalue weighted by Gasteiger charge is 2.73. The quantitative estimate of drug-likeness (QED) is 0.143. The molecule has 0 radical (unpaired) electrons. The molecule has 1 aliphatic carbocycles. The average Bonchev–Trinajstić information content (AvgIpc) is 3.16. The predicted molar refractivity (Wildman–Crippen MR) is 170 cm³/mol. The van der Waals surface area contributed by atoms with Gasteiger partial charge in [0.2, 0.25) is 0 Å². The Morgan fingerprint density at radius 1 is 0.791 bits per heavy atom. The summed E-state index contributed by atoms with van der Waals surface area (Å²) in [6.45, 7) is 14.3. The average molecular weight is 650 g/mol. The van der Waals surface area contributed by atoms with Gasteiger partial charge in [-0.2, -0.15) is 0 Å². The fourth-order valence-electron chi connectivity index (χ4n) is 6.18. The van der Waals surface area contributed by atoms with Crippen LogP contribution in [0.3, 0.4) is 0 Å². The number of fused-ring (bicyclic) bond motifs is 1. The first kappa shape index (κ1) is 32.5. The standard InChI is InChI=1S/C36H41BrO6/c1-22(2)41-32(39)36(33(40)42-23(3)4)29-20-24(5)14-19-28(29)35(31(38)43-34(6,7)8,21-25-15-17-27(37)18-16-25)30(36)26-12-10-9-11-13-26/h9-20,22-23,30H,21H2,1-8H3/t30-,35-/m1/s1. The molecule has 0 aromatic heterocycles. The second kappa shape index (κ2) is 12.3. The van der Waals surface area contributed by atoms with Crippen molar-refractivity contribution in [1.82, 2.24) is 0 Å². The van der Waals surface area contributed by atoms with Crippen molar-refractivity contribution in [2.24, 2.45) is 0 Å². The van der Waals surface area contributed by atoms with Crippen molar-refractivity contribution in [3.05, 3.63) is 105 Å². The molecule has 0 amide bonds. The van der Waals surface area contributed by atoms with Gasteiger partial charge in [0.05, 0.1) is 12.2 Å². The number of hydrogen-bond donors (Lipinski definition) is 0. The van der Waals surface area contributed by atoms with Gasteiger partial charge in [0.15, 0.2) is 5.41 Å². The van der Waals surface area contributed by atoms with Crippen molar-refractivity contribution in [3.8, 4) is 0 Å². The largest absolute Gasteiger partial charge is 0.462 e. The molecule has 3 aromatic carbocycles. The number of halogens is 1. The maximum absolute atomic E-state index is 14.9. The number of esters is 3. The van der Waals surface area contributed by atoms with E-state index in [9.17, 15) is 14.4 Å². The van der Waals surface area contributed by atoms with E-state index in [1.165, 1.54) is 0 Å². The van der Waals surface area contributed by atoms with Crippen LogP contribution in [0.2, 0.25) is 0 Å². The second-order valence-electron chi connectivity index (χ2n) is 12.9. The number of aryl methyl sites for hydroxylation is 1. The van der Waals surface area contributed by atoms with Crippen molar-refractivity contribution in [2.45, 2.75) is 96.4 Å². The number of rotatable bonds is 8. The molecule has 1 aliphatic rings. The van der Waals surface area contributed by atoms with Gasteiger partial charge in [0.25, 0.3) is 0 Å². The van der Waals surface area contributed by atoms with E-state index in [0.29, 0.717) is 16.7 Å². The topological polar surface area (TPSA) is 78.9 Å². The maximum atomic E-state index is 14.9. The van der Waals surface area contributed by atoms with Gasteiger partial charge in [0, 0.05) is 10.4 Å². The van der Waals surface area contributed by atoms with E-state index < -0.39 is 52.5 Å². The Kier molecular flexibility index (Phi) is 9.27.